The summed E-state index contributed by atoms with van der Waals surface area (Å²) < 4.78 is 10.3. The Bertz CT molecular complexity index is 573. The minimum Gasteiger partial charge on any atom is -0.497 e. The molecule has 100 valence electrons. The first-order valence-corrected chi connectivity index (χ1v) is 6.41. The van der Waals surface area contributed by atoms with Crippen LogP contribution in [0.5, 0.6) is 11.5 Å². The molecule has 1 N–H and O–H groups in total. The van der Waals surface area contributed by atoms with Crippen molar-refractivity contribution in [3.63, 3.8) is 0 Å². The first-order chi connectivity index (χ1) is 9.12. The first kappa shape index (κ1) is 13.4. The number of aromatic nitrogens is 1. The van der Waals surface area contributed by atoms with E-state index >= 15 is 0 Å². The van der Waals surface area contributed by atoms with E-state index in [0.717, 1.165) is 5.01 Å². The molecule has 0 saturated heterocycles. The molecule has 0 bridgehead atoms. The Morgan fingerprint density at radius 2 is 1.84 bits per heavy atom. The van der Waals surface area contributed by atoms with E-state index < -0.39 is 0 Å². The maximum atomic E-state index is 12.0. The lowest BCUT2D eigenvalue weighted by Crippen LogP contribution is -2.10. The van der Waals surface area contributed by atoms with Crippen molar-refractivity contribution in [2.24, 2.45) is 0 Å². The molecular formula is C13H14N2O3S. The maximum absolute atomic E-state index is 12.0. The number of carbonyl (C=O) groups excluding carboxylic acids is 1. The topological polar surface area (TPSA) is 60.5 Å². The SMILES string of the molecule is COc1cc(NC(=O)c2cnc(C)s2)cc(OC)c1. The van der Waals surface area contributed by atoms with Crippen molar-refractivity contribution in [2.75, 3.05) is 19.5 Å². The van der Waals surface area contributed by atoms with Gasteiger partial charge < -0.3 is 14.8 Å². The third-order valence-corrected chi connectivity index (χ3v) is 3.37. The molecule has 0 saturated carbocycles. The quantitative estimate of drug-likeness (QED) is 0.934. The molecule has 0 atom stereocenters. The van der Waals surface area contributed by atoms with Crippen molar-refractivity contribution in [1.82, 2.24) is 4.98 Å². The number of hydrogen-bond acceptors (Lipinski definition) is 5. The summed E-state index contributed by atoms with van der Waals surface area (Å²) in [6, 6.07) is 5.20. The monoisotopic (exact) mass is 278 g/mol. The molecule has 2 aromatic rings. The molecule has 0 unspecified atom stereocenters. The van der Waals surface area contributed by atoms with Gasteiger partial charge in [0.25, 0.3) is 5.91 Å². The van der Waals surface area contributed by atoms with Crippen LogP contribution in [0.25, 0.3) is 0 Å². The zero-order valence-corrected chi connectivity index (χ0v) is 11.7. The third-order valence-electron chi connectivity index (χ3n) is 2.45. The summed E-state index contributed by atoms with van der Waals surface area (Å²) in [7, 11) is 3.12. The van der Waals surface area contributed by atoms with E-state index in [1.165, 1.54) is 11.3 Å². The van der Waals surface area contributed by atoms with Crippen molar-refractivity contribution >= 4 is 22.9 Å². The summed E-state index contributed by atoms with van der Waals surface area (Å²) in [5.41, 5.74) is 0.618. The summed E-state index contributed by atoms with van der Waals surface area (Å²) in [4.78, 5) is 16.6. The van der Waals surface area contributed by atoms with Gasteiger partial charge in [0.2, 0.25) is 0 Å². The molecule has 0 aliphatic heterocycles. The molecule has 1 amide bonds. The molecule has 0 aliphatic rings. The fraction of sp³-hybridized carbons (Fsp3) is 0.231. The van der Waals surface area contributed by atoms with E-state index in [1.807, 2.05) is 6.92 Å². The van der Waals surface area contributed by atoms with Crippen LogP contribution < -0.4 is 14.8 Å². The van der Waals surface area contributed by atoms with Gasteiger partial charge >= 0.3 is 0 Å². The van der Waals surface area contributed by atoms with Crippen LogP contribution in [0.15, 0.2) is 24.4 Å². The fourth-order valence-electron chi connectivity index (χ4n) is 1.54. The fourth-order valence-corrected chi connectivity index (χ4v) is 2.21. The number of nitrogens with zero attached hydrogens (tertiary/aromatic N) is 1. The number of ether oxygens (including phenoxy) is 2. The molecule has 2 rings (SSSR count). The Morgan fingerprint density at radius 1 is 1.21 bits per heavy atom. The number of rotatable bonds is 4. The standard InChI is InChI=1S/C13H14N2O3S/c1-8-14-7-12(19-8)13(16)15-9-4-10(17-2)6-11(5-9)18-3/h4-7H,1-3H3,(H,15,16). The maximum Gasteiger partial charge on any atom is 0.267 e. The second-order valence-electron chi connectivity index (χ2n) is 3.80. The van der Waals surface area contributed by atoms with Gasteiger partial charge in [0.1, 0.15) is 16.4 Å². The first-order valence-electron chi connectivity index (χ1n) is 5.59. The van der Waals surface area contributed by atoms with Gasteiger partial charge in [-0.15, -0.1) is 11.3 Å². The average Bonchev–Trinajstić information content (AvgIpc) is 2.85. The minimum atomic E-state index is -0.194. The number of carbonyl (C=O) groups is 1. The van der Waals surface area contributed by atoms with Gasteiger partial charge in [-0.3, -0.25) is 4.79 Å². The Hall–Kier alpha value is -2.08. The second-order valence-corrected chi connectivity index (χ2v) is 5.03. The molecule has 0 aliphatic carbocycles. The number of benzene rings is 1. The Morgan fingerprint density at radius 3 is 2.32 bits per heavy atom. The molecule has 0 fully saturated rings. The lowest BCUT2D eigenvalue weighted by Gasteiger charge is -2.09. The zero-order valence-electron chi connectivity index (χ0n) is 10.9. The molecule has 0 spiro atoms. The molecule has 1 aromatic carbocycles. The van der Waals surface area contributed by atoms with E-state index in [2.05, 4.69) is 10.3 Å². The van der Waals surface area contributed by atoms with Gasteiger partial charge in [-0.05, 0) is 6.92 Å². The van der Waals surface area contributed by atoms with Crippen molar-refractivity contribution in [2.45, 2.75) is 6.92 Å². The highest BCUT2D eigenvalue weighted by molar-refractivity contribution is 7.13. The highest BCUT2D eigenvalue weighted by atomic mass is 32.1. The number of anilines is 1. The Labute approximate surface area is 115 Å². The van der Waals surface area contributed by atoms with Gasteiger partial charge in [0, 0.05) is 23.9 Å². The number of methoxy groups -OCH3 is 2. The van der Waals surface area contributed by atoms with Gasteiger partial charge in [-0.2, -0.15) is 0 Å². The van der Waals surface area contributed by atoms with E-state index in [4.69, 9.17) is 9.47 Å². The van der Waals surface area contributed by atoms with E-state index in [-0.39, 0.29) is 5.91 Å². The summed E-state index contributed by atoms with van der Waals surface area (Å²) in [6.07, 6.45) is 1.56. The molecule has 5 nitrogen and oxygen atoms in total. The van der Waals surface area contributed by atoms with Crippen molar-refractivity contribution in [1.29, 1.82) is 0 Å². The second kappa shape index (κ2) is 5.71. The molecule has 19 heavy (non-hydrogen) atoms. The Balaban J connectivity index is 2.20. The van der Waals surface area contributed by atoms with E-state index in [0.29, 0.717) is 22.1 Å². The summed E-state index contributed by atoms with van der Waals surface area (Å²) >= 11 is 1.35. The number of nitrogens with one attached hydrogen (secondary N) is 1. The molecule has 0 radical (unpaired) electrons. The van der Waals surface area contributed by atoms with Crippen LogP contribution in [-0.4, -0.2) is 25.1 Å². The van der Waals surface area contributed by atoms with Crippen LogP contribution in [0.2, 0.25) is 0 Å². The number of hydrogen-bond donors (Lipinski definition) is 1. The molecule has 1 heterocycles. The summed E-state index contributed by atoms with van der Waals surface area (Å²) in [5.74, 6) is 1.05. The number of aryl methyl sites for hydroxylation is 1. The average molecular weight is 278 g/mol. The van der Waals surface area contributed by atoms with Crippen LogP contribution >= 0.6 is 11.3 Å². The van der Waals surface area contributed by atoms with Crippen molar-refractivity contribution in [3.05, 3.63) is 34.3 Å². The third kappa shape index (κ3) is 3.23. The number of thiazole rings is 1. The van der Waals surface area contributed by atoms with E-state index in [1.54, 1.807) is 38.6 Å². The normalized spacial score (nSPS) is 10.1. The van der Waals surface area contributed by atoms with Crippen LogP contribution in [-0.2, 0) is 0 Å². The number of amides is 1. The van der Waals surface area contributed by atoms with Crippen LogP contribution in [0, 0.1) is 6.92 Å². The predicted octanol–water partition coefficient (Wildman–Crippen LogP) is 2.72. The minimum absolute atomic E-state index is 0.194. The highest BCUT2D eigenvalue weighted by Crippen LogP contribution is 2.26. The van der Waals surface area contributed by atoms with Crippen LogP contribution in [0.1, 0.15) is 14.7 Å². The van der Waals surface area contributed by atoms with Crippen molar-refractivity contribution < 1.29 is 14.3 Å². The molecular weight excluding hydrogens is 264 g/mol. The highest BCUT2D eigenvalue weighted by Gasteiger charge is 2.10. The van der Waals surface area contributed by atoms with Gasteiger partial charge in [-0.25, -0.2) is 4.98 Å². The lowest BCUT2D eigenvalue weighted by molar-refractivity contribution is 0.103. The Kier molecular flexibility index (Phi) is 4.01. The molecule has 1 aromatic heterocycles. The largest absolute Gasteiger partial charge is 0.497 e. The van der Waals surface area contributed by atoms with Crippen LogP contribution in [0.4, 0.5) is 5.69 Å². The van der Waals surface area contributed by atoms with Crippen molar-refractivity contribution in [3.8, 4) is 11.5 Å². The lowest BCUT2D eigenvalue weighted by atomic mass is 10.2. The van der Waals surface area contributed by atoms with E-state index in [9.17, 15) is 4.79 Å². The van der Waals surface area contributed by atoms with Gasteiger partial charge in [0.05, 0.1) is 25.4 Å². The van der Waals surface area contributed by atoms with Gasteiger partial charge in [-0.1, -0.05) is 0 Å². The zero-order chi connectivity index (χ0) is 13.8. The van der Waals surface area contributed by atoms with Gasteiger partial charge in [0.15, 0.2) is 0 Å². The summed E-state index contributed by atoms with van der Waals surface area (Å²) in [6.45, 7) is 1.86. The van der Waals surface area contributed by atoms with Crippen LogP contribution in [0.3, 0.4) is 0 Å². The summed E-state index contributed by atoms with van der Waals surface area (Å²) in [5, 5.41) is 3.65. The molecule has 6 heteroatoms. The predicted molar refractivity (Wildman–Crippen MR) is 74.4 cm³/mol. The smallest absolute Gasteiger partial charge is 0.267 e.